The zero-order valence-electron chi connectivity index (χ0n) is 7.86. The zero-order chi connectivity index (χ0) is 10.2. The number of carboxylic acids is 1. The maximum absolute atomic E-state index is 11.0. The number of carbonyl (C=O) groups is 1. The highest BCUT2D eigenvalue weighted by Crippen LogP contribution is 2.26. The fourth-order valence-electron chi connectivity index (χ4n) is 1.94. The highest BCUT2D eigenvalue weighted by atomic mass is 16.4. The fraction of sp³-hybridized carbons (Fsp3) is 0.364. The Morgan fingerprint density at radius 1 is 1.36 bits per heavy atom. The van der Waals surface area contributed by atoms with Crippen LogP contribution in [0.3, 0.4) is 0 Å². The largest absolute Gasteiger partial charge is 0.480 e. The second kappa shape index (κ2) is 3.10. The van der Waals surface area contributed by atoms with Gasteiger partial charge in [-0.25, -0.2) is 0 Å². The first-order valence-electron chi connectivity index (χ1n) is 4.71. The number of aryl methyl sites for hydroxylation is 1. The molecule has 2 rings (SSSR count). The van der Waals surface area contributed by atoms with Crippen molar-refractivity contribution in [3.63, 3.8) is 0 Å². The van der Waals surface area contributed by atoms with Crippen LogP contribution >= 0.6 is 0 Å². The Morgan fingerprint density at radius 3 is 2.64 bits per heavy atom. The molecule has 0 saturated heterocycles. The third-order valence-electron chi connectivity index (χ3n) is 2.89. The molecule has 1 aliphatic carbocycles. The van der Waals surface area contributed by atoms with Gasteiger partial charge in [-0.2, -0.15) is 0 Å². The van der Waals surface area contributed by atoms with Gasteiger partial charge >= 0.3 is 5.97 Å². The molecular weight excluding hydrogens is 178 g/mol. The van der Waals surface area contributed by atoms with E-state index in [0.29, 0.717) is 12.8 Å². The van der Waals surface area contributed by atoms with Crippen LogP contribution in [-0.4, -0.2) is 16.6 Å². The molecule has 0 radical (unpaired) electrons. The topological polar surface area (TPSA) is 63.3 Å². The lowest BCUT2D eigenvalue weighted by Crippen LogP contribution is -2.52. The summed E-state index contributed by atoms with van der Waals surface area (Å²) in [7, 11) is 0. The molecule has 0 fully saturated rings. The van der Waals surface area contributed by atoms with E-state index >= 15 is 0 Å². The summed E-state index contributed by atoms with van der Waals surface area (Å²) in [5, 5.41) is 9.00. The van der Waals surface area contributed by atoms with E-state index in [2.05, 4.69) is 0 Å². The van der Waals surface area contributed by atoms with E-state index in [4.69, 9.17) is 10.8 Å². The monoisotopic (exact) mass is 191 g/mol. The van der Waals surface area contributed by atoms with Gasteiger partial charge in [0, 0.05) is 6.42 Å². The number of nitrogens with two attached hydrogens (primary N) is 1. The fourth-order valence-corrected chi connectivity index (χ4v) is 1.94. The molecule has 3 nitrogen and oxygen atoms in total. The summed E-state index contributed by atoms with van der Waals surface area (Å²) in [6.07, 6.45) is 1.73. The molecule has 1 aliphatic rings. The number of rotatable bonds is 1. The van der Waals surface area contributed by atoms with Crippen molar-refractivity contribution in [3.05, 3.63) is 35.4 Å². The summed E-state index contributed by atoms with van der Waals surface area (Å²) in [4.78, 5) is 11.0. The first-order chi connectivity index (χ1) is 6.62. The third kappa shape index (κ3) is 1.40. The molecule has 1 atom stereocenters. The standard InChI is InChI=1S/C11H13NO2/c12-11(10(13)14)6-5-8-3-1-2-4-9(8)7-11/h1-4H,5-7,12H2,(H,13,14)/t11-/m0/s1. The van der Waals surface area contributed by atoms with Crippen molar-refractivity contribution in [2.45, 2.75) is 24.8 Å². The minimum atomic E-state index is -1.06. The number of hydrogen-bond acceptors (Lipinski definition) is 2. The normalized spacial score (nSPS) is 25.5. The van der Waals surface area contributed by atoms with E-state index in [1.165, 1.54) is 5.56 Å². The molecular formula is C11H13NO2. The van der Waals surface area contributed by atoms with Gasteiger partial charge < -0.3 is 10.8 Å². The van der Waals surface area contributed by atoms with Gasteiger partial charge in [0.15, 0.2) is 0 Å². The molecule has 0 aliphatic heterocycles. The lowest BCUT2D eigenvalue weighted by atomic mass is 9.79. The third-order valence-corrected chi connectivity index (χ3v) is 2.89. The van der Waals surface area contributed by atoms with Gasteiger partial charge in [0.1, 0.15) is 5.54 Å². The van der Waals surface area contributed by atoms with Crippen LogP contribution in [0.1, 0.15) is 17.5 Å². The molecule has 0 heterocycles. The molecule has 0 saturated carbocycles. The predicted octanol–water partition coefficient (Wildman–Crippen LogP) is 0.957. The summed E-state index contributed by atoms with van der Waals surface area (Å²) in [6, 6.07) is 7.89. The minimum absolute atomic E-state index is 0.443. The van der Waals surface area contributed by atoms with E-state index in [-0.39, 0.29) is 0 Å². The summed E-state index contributed by atoms with van der Waals surface area (Å²) in [5.41, 5.74) is 7.06. The van der Waals surface area contributed by atoms with Crippen LogP contribution in [0, 0.1) is 0 Å². The highest BCUT2D eigenvalue weighted by Gasteiger charge is 2.37. The Kier molecular flexibility index (Phi) is 2.04. The van der Waals surface area contributed by atoms with Gasteiger partial charge in [-0.15, -0.1) is 0 Å². The van der Waals surface area contributed by atoms with Crippen molar-refractivity contribution in [3.8, 4) is 0 Å². The second-order valence-electron chi connectivity index (χ2n) is 3.91. The van der Waals surface area contributed by atoms with Crippen molar-refractivity contribution < 1.29 is 9.90 Å². The van der Waals surface area contributed by atoms with Crippen LogP contribution in [0.15, 0.2) is 24.3 Å². The van der Waals surface area contributed by atoms with Crippen molar-refractivity contribution in [2.24, 2.45) is 5.73 Å². The summed E-state index contributed by atoms with van der Waals surface area (Å²) in [6.45, 7) is 0. The maximum Gasteiger partial charge on any atom is 0.324 e. The summed E-state index contributed by atoms with van der Waals surface area (Å²) in [5.74, 6) is -0.896. The predicted molar refractivity (Wildman–Crippen MR) is 53.0 cm³/mol. The second-order valence-corrected chi connectivity index (χ2v) is 3.91. The van der Waals surface area contributed by atoms with Crippen molar-refractivity contribution >= 4 is 5.97 Å². The Hall–Kier alpha value is -1.35. The number of carboxylic acid groups (broad SMARTS) is 1. The van der Waals surface area contributed by atoms with Crippen molar-refractivity contribution in [1.29, 1.82) is 0 Å². The van der Waals surface area contributed by atoms with Crippen molar-refractivity contribution in [2.75, 3.05) is 0 Å². The lowest BCUT2D eigenvalue weighted by molar-refractivity contribution is -0.143. The molecule has 3 heteroatoms. The van der Waals surface area contributed by atoms with Gasteiger partial charge in [0.2, 0.25) is 0 Å². The average molecular weight is 191 g/mol. The van der Waals surface area contributed by atoms with E-state index in [1.54, 1.807) is 0 Å². The van der Waals surface area contributed by atoms with Gasteiger partial charge in [0.25, 0.3) is 0 Å². The van der Waals surface area contributed by atoms with Crippen LogP contribution in [0.4, 0.5) is 0 Å². The maximum atomic E-state index is 11.0. The molecule has 3 N–H and O–H groups in total. The van der Waals surface area contributed by atoms with Crippen molar-refractivity contribution in [1.82, 2.24) is 0 Å². The first-order valence-corrected chi connectivity index (χ1v) is 4.71. The minimum Gasteiger partial charge on any atom is -0.480 e. The molecule has 0 unspecified atom stereocenters. The van der Waals surface area contributed by atoms with Crippen LogP contribution in [0.25, 0.3) is 0 Å². The molecule has 0 spiro atoms. The van der Waals surface area contributed by atoms with Gasteiger partial charge in [0.05, 0.1) is 0 Å². The van der Waals surface area contributed by atoms with Gasteiger partial charge in [-0.1, -0.05) is 24.3 Å². The molecule has 0 amide bonds. The van der Waals surface area contributed by atoms with Gasteiger partial charge in [-0.3, -0.25) is 4.79 Å². The SMILES string of the molecule is N[C@@]1(C(=O)O)CCc2ccccc2C1. The Bertz CT molecular complexity index is 375. The number of benzene rings is 1. The van der Waals surface area contributed by atoms with E-state index in [0.717, 1.165) is 12.0 Å². The average Bonchev–Trinajstić information content (AvgIpc) is 2.17. The van der Waals surface area contributed by atoms with Gasteiger partial charge in [-0.05, 0) is 24.0 Å². The molecule has 14 heavy (non-hydrogen) atoms. The lowest BCUT2D eigenvalue weighted by Gasteiger charge is -2.30. The first kappa shape index (κ1) is 9.21. The number of fused-ring (bicyclic) bond motifs is 1. The molecule has 0 aromatic heterocycles. The van der Waals surface area contributed by atoms with E-state index in [1.807, 2.05) is 24.3 Å². The van der Waals surface area contributed by atoms with Crippen LogP contribution in [0.5, 0.6) is 0 Å². The smallest absolute Gasteiger partial charge is 0.324 e. The van der Waals surface area contributed by atoms with Crippen LogP contribution < -0.4 is 5.73 Å². The summed E-state index contributed by atoms with van der Waals surface area (Å²) >= 11 is 0. The van der Waals surface area contributed by atoms with E-state index in [9.17, 15) is 4.79 Å². The number of aliphatic carboxylic acids is 1. The number of hydrogen-bond donors (Lipinski definition) is 2. The van der Waals surface area contributed by atoms with E-state index < -0.39 is 11.5 Å². The highest BCUT2D eigenvalue weighted by molar-refractivity contribution is 5.79. The Morgan fingerprint density at radius 2 is 2.00 bits per heavy atom. The molecule has 1 aromatic rings. The molecule has 1 aromatic carbocycles. The summed E-state index contributed by atoms with van der Waals surface area (Å²) < 4.78 is 0. The van der Waals surface area contributed by atoms with Crippen LogP contribution in [0.2, 0.25) is 0 Å². The molecule has 74 valence electrons. The molecule has 0 bridgehead atoms. The Balaban J connectivity index is 2.34. The van der Waals surface area contributed by atoms with Crippen LogP contribution in [-0.2, 0) is 17.6 Å². The Labute approximate surface area is 82.5 Å². The zero-order valence-corrected chi connectivity index (χ0v) is 7.86. The quantitative estimate of drug-likeness (QED) is 0.694.